The van der Waals surface area contributed by atoms with E-state index in [2.05, 4.69) is 20.0 Å². The van der Waals surface area contributed by atoms with Crippen LogP contribution in [0.4, 0.5) is 5.69 Å². The summed E-state index contributed by atoms with van der Waals surface area (Å²) in [5.74, 6) is 1.13. The van der Waals surface area contributed by atoms with Gasteiger partial charge in [0.1, 0.15) is 12.1 Å². The van der Waals surface area contributed by atoms with Gasteiger partial charge in [-0.3, -0.25) is 9.69 Å². The lowest BCUT2D eigenvalue weighted by atomic mass is 9.77. The Bertz CT molecular complexity index is 746. The first-order chi connectivity index (χ1) is 12.1. The molecule has 2 aromatic rings. The molecule has 0 radical (unpaired) electrons. The highest BCUT2D eigenvalue weighted by Crippen LogP contribution is 2.43. The summed E-state index contributed by atoms with van der Waals surface area (Å²) in [6, 6.07) is 0. The maximum absolute atomic E-state index is 13.0. The molecule has 0 bridgehead atoms. The summed E-state index contributed by atoms with van der Waals surface area (Å²) in [7, 11) is 0. The molecule has 2 aliphatic rings. The summed E-state index contributed by atoms with van der Waals surface area (Å²) < 4.78 is 5.26. The quantitative estimate of drug-likeness (QED) is 0.851. The third kappa shape index (κ3) is 2.82. The molecule has 1 spiro atoms. The standard InChI is InChI=1S/C18H23N5O2/c1-13-16(14(2)25-21-13)11-22-6-3-18(4-7-22)5-8-23(17(18)24)15-9-19-12-20-10-15/h9-10,12H,3-8,11H2,1-2H3. The van der Waals surface area contributed by atoms with Crippen LogP contribution in [0.3, 0.4) is 0 Å². The molecule has 7 nitrogen and oxygen atoms in total. The fourth-order valence-electron chi connectivity index (χ4n) is 4.05. The van der Waals surface area contributed by atoms with Crippen molar-refractivity contribution in [3.63, 3.8) is 0 Å². The smallest absolute Gasteiger partial charge is 0.233 e. The molecule has 2 saturated heterocycles. The molecule has 7 heteroatoms. The zero-order chi connectivity index (χ0) is 17.4. The molecule has 4 heterocycles. The number of piperidine rings is 1. The van der Waals surface area contributed by atoms with E-state index >= 15 is 0 Å². The largest absolute Gasteiger partial charge is 0.361 e. The van der Waals surface area contributed by atoms with Crippen LogP contribution < -0.4 is 4.90 Å². The molecule has 2 aromatic heterocycles. The number of aromatic nitrogens is 3. The molecule has 0 atom stereocenters. The fraction of sp³-hybridized carbons (Fsp3) is 0.556. The van der Waals surface area contributed by atoms with E-state index in [1.54, 1.807) is 12.4 Å². The van der Waals surface area contributed by atoms with Gasteiger partial charge in [-0.2, -0.15) is 0 Å². The molecule has 25 heavy (non-hydrogen) atoms. The Morgan fingerprint density at radius 3 is 2.44 bits per heavy atom. The lowest BCUT2D eigenvalue weighted by Gasteiger charge is -2.37. The lowest BCUT2D eigenvalue weighted by Crippen LogP contribution is -2.44. The van der Waals surface area contributed by atoms with Crippen molar-refractivity contribution in [3.8, 4) is 0 Å². The number of likely N-dealkylation sites (tertiary alicyclic amines) is 1. The molecule has 0 saturated carbocycles. The monoisotopic (exact) mass is 341 g/mol. The van der Waals surface area contributed by atoms with Gasteiger partial charge in [0, 0.05) is 18.7 Å². The molecule has 0 aromatic carbocycles. The average Bonchev–Trinajstić information content (AvgIpc) is 3.12. The maximum atomic E-state index is 13.0. The molecule has 0 unspecified atom stereocenters. The summed E-state index contributed by atoms with van der Waals surface area (Å²) in [5.41, 5.74) is 2.73. The van der Waals surface area contributed by atoms with Crippen LogP contribution in [0.2, 0.25) is 0 Å². The van der Waals surface area contributed by atoms with Gasteiger partial charge < -0.3 is 9.42 Å². The van der Waals surface area contributed by atoms with Crippen LogP contribution in [0.5, 0.6) is 0 Å². The number of amides is 1. The minimum absolute atomic E-state index is 0.217. The van der Waals surface area contributed by atoms with Crippen molar-refractivity contribution in [3.05, 3.63) is 35.7 Å². The normalized spacial score (nSPS) is 20.6. The Labute approximate surface area is 147 Å². The van der Waals surface area contributed by atoms with E-state index in [0.717, 1.165) is 62.6 Å². The molecule has 1 amide bonds. The molecule has 132 valence electrons. The lowest BCUT2D eigenvalue weighted by molar-refractivity contribution is -0.128. The third-order valence-electron chi connectivity index (χ3n) is 5.75. The van der Waals surface area contributed by atoms with Crippen molar-refractivity contribution in [1.29, 1.82) is 0 Å². The minimum atomic E-state index is -0.217. The second kappa shape index (κ2) is 6.22. The number of nitrogens with zero attached hydrogens (tertiary/aromatic N) is 5. The first-order valence-corrected chi connectivity index (χ1v) is 8.80. The number of hydrogen-bond acceptors (Lipinski definition) is 6. The van der Waals surface area contributed by atoms with Gasteiger partial charge in [0.25, 0.3) is 0 Å². The Balaban J connectivity index is 1.42. The van der Waals surface area contributed by atoms with Gasteiger partial charge in [0.15, 0.2) is 0 Å². The Kier molecular flexibility index (Phi) is 4.03. The molecule has 0 aliphatic carbocycles. The van der Waals surface area contributed by atoms with Crippen LogP contribution in [-0.2, 0) is 11.3 Å². The van der Waals surface area contributed by atoms with E-state index in [9.17, 15) is 4.79 Å². The zero-order valence-corrected chi connectivity index (χ0v) is 14.7. The second-order valence-electron chi connectivity index (χ2n) is 7.16. The van der Waals surface area contributed by atoms with Crippen molar-refractivity contribution in [2.75, 3.05) is 24.5 Å². The van der Waals surface area contributed by atoms with Crippen molar-refractivity contribution < 1.29 is 9.32 Å². The highest BCUT2D eigenvalue weighted by atomic mass is 16.5. The number of rotatable bonds is 3. The van der Waals surface area contributed by atoms with Crippen molar-refractivity contribution in [2.45, 2.75) is 39.7 Å². The van der Waals surface area contributed by atoms with Crippen LogP contribution in [0, 0.1) is 19.3 Å². The predicted octanol–water partition coefficient (Wildman–Crippen LogP) is 2.10. The Hall–Kier alpha value is -2.28. The van der Waals surface area contributed by atoms with Gasteiger partial charge in [0.2, 0.25) is 5.91 Å². The predicted molar refractivity (Wildman–Crippen MR) is 91.9 cm³/mol. The van der Waals surface area contributed by atoms with Gasteiger partial charge in [0.05, 0.1) is 29.2 Å². The van der Waals surface area contributed by atoms with Crippen LogP contribution in [-0.4, -0.2) is 45.6 Å². The molecule has 2 aliphatic heterocycles. The highest BCUT2D eigenvalue weighted by molar-refractivity contribution is 5.99. The van der Waals surface area contributed by atoms with Gasteiger partial charge in [-0.05, 0) is 46.2 Å². The molecule has 2 fully saturated rings. The van der Waals surface area contributed by atoms with Gasteiger partial charge in [-0.25, -0.2) is 9.97 Å². The summed E-state index contributed by atoms with van der Waals surface area (Å²) >= 11 is 0. The molecular formula is C18H23N5O2. The van der Waals surface area contributed by atoms with E-state index in [4.69, 9.17) is 4.52 Å². The number of hydrogen-bond donors (Lipinski definition) is 0. The van der Waals surface area contributed by atoms with Gasteiger partial charge in [-0.15, -0.1) is 0 Å². The van der Waals surface area contributed by atoms with Crippen LogP contribution in [0.1, 0.15) is 36.3 Å². The Morgan fingerprint density at radius 2 is 1.80 bits per heavy atom. The van der Waals surface area contributed by atoms with Crippen LogP contribution in [0.25, 0.3) is 0 Å². The average molecular weight is 341 g/mol. The minimum Gasteiger partial charge on any atom is -0.361 e. The summed E-state index contributed by atoms with van der Waals surface area (Å²) in [6.45, 7) is 7.40. The van der Waals surface area contributed by atoms with Crippen LogP contribution >= 0.6 is 0 Å². The summed E-state index contributed by atoms with van der Waals surface area (Å²) in [5, 5.41) is 4.03. The second-order valence-corrected chi connectivity index (χ2v) is 7.16. The van der Waals surface area contributed by atoms with E-state index in [1.807, 2.05) is 18.7 Å². The first-order valence-electron chi connectivity index (χ1n) is 8.80. The van der Waals surface area contributed by atoms with Crippen LogP contribution in [0.15, 0.2) is 23.2 Å². The number of aryl methyl sites for hydroxylation is 2. The molecule has 4 rings (SSSR count). The number of carbonyl (C=O) groups excluding carboxylic acids is 1. The summed E-state index contributed by atoms with van der Waals surface area (Å²) in [6.07, 6.45) is 7.65. The SMILES string of the molecule is Cc1noc(C)c1CN1CCC2(CC1)CCN(c1cncnc1)C2=O. The maximum Gasteiger partial charge on any atom is 0.233 e. The third-order valence-corrected chi connectivity index (χ3v) is 5.75. The first kappa shape index (κ1) is 16.2. The zero-order valence-electron chi connectivity index (χ0n) is 14.7. The van der Waals surface area contributed by atoms with Crippen molar-refractivity contribution in [2.24, 2.45) is 5.41 Å². The van der Waals surface area contributed by atoms with Gasteiger partial charge >= 0.3 is 0 Å². The van der Waals surface area contributed by atoms with E-state index in [-0.39, 0.29) is 11.3 Å². The highest BCUT2D eigenvalue weighted by Gasteiger charge is 2.48. The fourth-order valence-corrected chi connectivity index (χ4v) is 4.05. The van der Waals surface area contributed by atoms with E-state index in [0.29, 0.717) is 0 Å². The van der Waals surface area contributed by atoms with Crippen molar-refractivity contribution in [1.82, 2.24) is 20.0 Å². The number of carbonyl (C=O) groups is 1. The molecular weight excluding hydrogens is 318 g/mol. The van der Waals surface area contributed by atoms with Gasteiger partial charge in [-0.1, -0.05) is 5.16 Å². The number of anilines is 1. The van der Waals surface area contributed by atoms with Crippen molar-refractivity contribution >= 4 is 11.6 Å². The van der Waals surface area contributed by atoms with E-state index < -0.39 is 0 Å². The molecule has 0 N–H and O–H groups in total. The topological polar surface area (TPSA) is 75.4 Å². The Morgan fingerprint density at radius 1 is 1.12 bits per heavy atom. The van der Waals surface area contributed by atoms with E-state index in [1.165, 1.54) is 11.9 Å². The summed E-state index contributed by atoms with van der Waals surface area (Å²) in [4.78, 5) is 25.4.